The van der Waals surface area contributed by atoms with Gasteiger partial charge in [-0.25, -0.2) is 15.0 Å². The Morgan fingerprint density at radius 2 is 2.03 bits per heavy atom. The molecule has 0 aromatic carbocycles. The van der Waals surface area contributed by atoms with E-state index in [1.54, 1.807) is 6.20 Å². The lowest BCUT2D eigenvalue weighted by Gasteiger charge is -2.33. The highest BCUT2D eigenvalue weighted by molar-refractivity contribution is 5.93. The predicted octanol–water partition coefficient (Wildman–Crippen LogP) is 3.91. The number of fused-ring (bicyclic) bond motifs is 2. The van der Waals surface area contributed by atoms with Gasteiger partial charge in [0, 0.05) is 85.3 Å². The molecule has 37 heavy (non-hydrogen) atoms. The monoisotopic (exact) mass is 497 g/mol. The van der Waals surface area contributed by atoms with Crippen LogP contribution >= 0.6 is 0 Å². The Bertz CT molecular complexity index is 1390. The van der Waals surface area contributed by atoms with Crippen LogP contribution in [0.15, 0.2) is 53.6 Å². The van der Waals surface area contributed by atoms with E-state index in [9.17, 15) is 0 Å². The first kappa shape index (κ1) is 24.7. The minimum atomic E-state index is 0.341. The summed E-state index contributed by atoms with van der Waals surface area (Å²) in [5.41, 5.74) is 6.86. The van der Waals surface area contributed by atoms with E-state index in [1.165, 1.54) is 0 Å². The van der Waals surface area contributed by atoms with Crippen LogP contribution < -0.4 is 15.5 Å². The van der Waals surface area contributed by atoms with Gasteiger partial charge in [0.05, 0.1) is 5.52 Å². The van der Waals surface area contributed by atoms with E-state index in [2.05, 4.69) is 83.2 Å². The maximum Gasteiger partial charge on any atom is 0.156 e. The number of hydrogen-bond acceptors (Lipinski definition) is 8. The van der Waals surface area contributed by atoms with Gasteiger partial charge in [0.1, 0.15) is 17.2 Å². The second kappa shape index (κ2) is 10.6. The molecule has 0 saturated carbocycles. The van der Waals surface area contributed by atoms with Crippen LogP contribution in [0.25, 0.3) is 22.2 Å². The minimum absolute atomic E-state index is 0.341. The van der Waals surface area contributed by atoms with Crippen LogP contribution in [-0.2, 0) is 0 Å². The Morgan fingerprint density at radius 3 is 2.78 bits per heavy atom. The third-order valence-corrected chi connectivity index (χ3v) is 6.65. The van der Waals surface area contributed by atoms with Crippen molar-refractivity contribution >= 4 is 40.5 Å². The number of nitrogens with zero attached hydrogens (tertiary/aromatic N) is 6. The molecule has 3 N–H and O–H groups in total. The number of nitrogens with one attached hydrogen (secondary N) is 3. The van der Waals surface area contributed by atoms with E-state index in [-0.39, 0.29) is 0 Å². The molecule has 3 aromatic rings. The smallest absolute Gasteiger partial charge is 0.156 e. The van der Waals surface area contributed by atoms with Gasteiger partial charge in [0.2, 0.25) is 0 Å². The van der Waals surface area contributed by atoms with Crippen LogP contribution in [0.5, 0.6) is 0 Å². The van der Waals surface area contributed by atoms with E-state index < -0.39 is 0 Å². The summed E-state index contributed by atoms with van der Waals surface area (Å²) in [4.78, 5) is 26.8. The molecule has 2 aliphatic heterocycles. The van der Waals surface area contributed by atoms with Crippen LogP contribution in [0.1, 0.15) is 37.7 Å². The fourth-order valence-electron chi connectivity index (χ4n) is 4.88. The van der Waals surface area contributed by atoms with Gasteiger partial charge in [-0.05, 0) is 52.7 Å². The number of imidazole rings is 1. The highest BCUT2D eigenvalue weighted by atomic mass is 15.3. The van der Waals surface area contributed by atoms with E-state index in [4.69, 9.17) is 15.0 Å². The van der Waals surface area contributed by atoms with Gasteiger partial charge in [-0.3, -0.25) is 4.99 Å². The molecule has 0 atom stereocenters. The van der Waals surface area contributed by atoms with E-state index in [0.29, 0.717) is 12.6 Å². The van der Waals surface area contributed by atoms with Crippen LogP contribution in [0.2, 0.25) is 0 Å². The molecule has 9 heteroatoms. The molecule has 9 nitrogen and oxygen atoms in total. The first-order chi connectivity index (χ1) is 17.9. The Balaban J connectivity index is 1.52. The molecule has 5 heterocycles. The van der Waals surface area contributed by atoms with Crippen molar-refractivity contribution in [3.05, 3.63) is 65.5 Å². The number of H-pyrrole nitrogens is 1. The van der Waals surface area contributed by atoms with Crippen LogP contribution in [0.3, 0.4) is 0 Å². The number of rotatable bonds is 7. The normalized spacial score (nSPS) is 17.0. The van der Waals surface area contributed by atoms with Gasteiger partial charge in [-0.15, -0.1) is 0 Å². The SMILES string of the molecule is C=N/C=C(\C=C(/C)NC(C)C)c1cnc2c(c1)C(c1nc3c(N4CCN(C)CC4)nccc3[nH]1)=CCN2. The quantitative estimate of drug-likeness (QED) is 0.336. The van der Waals surface area contributed by atoms with Gasteiger partial charge in [0.15, 0.2) is 5.82 Å². The van der Waals surface area contributed by atoms with E-state index in [1.807, 2.05) is 18.5 Å². The Labute approximate surface area is 218 Å². The summed E-state index contributed by atoms with van der Waals surface area (Å²) in [5, 5.41) is 6.83. The molecule has 5 rings (SSSR count). The first-order valence-electron chi connectivity index (χ1n) is 12.8. The van der Waals surface area contributed by atoms with Crippen molar-refractivity contribution in [2.24, 2.45) is 4.99 Å². The summed E-state index contributed by atoms with van der Waals surface area (Å²) in [6, 6.07) is 4.48. The standard InChI is InChI=1S/C28H35N9/c1-18(2)33-19(3)14-20(16-29-4)21-15-23-22(6-8-30-26(23)32-17-21)27-34-24-7-9-31-28(25(24)35-27)37-12-10-36(5)11-13-37/h6-7,9,14-18,33H,4,8,10-13H2,1-3,5H3,(H,30,32)(H,34,35)/b19-14+,20-16+. The van der Waals surface area contributed by atoms with E-state index in [0.717, 1.165) is 82.6 Å². The number of likely N-dealkylation sites (N-methyl/N-ethyl adjacent to an activating group) is 1. The van der Waals surface area contributed by atoms with Crippen molar-refractivity contribution in [1.29, 1.82) is 0 Å². The molecule has 3 aromatic heterocycles. The number of piperazine rings is 1. The zero-order chi connectivity index (χ0) is 25.9. The average molecular weight is 498 g/mol. The van der Waals surface area contributed by atoms with E-state index >= 15 is 0 Å². The molecule has 2 aliphatic rings. The summed E-state index contributed by atoms with van der Waals surface area (Å²) in [5.74, 6) is 2.60. The van der Waals surface area contributed by atoms with Crippen LogP contribution in [0.4, 0.5) is 11.6 Å². The molecule has 0 aliphatic carbocycles. The van der Waals surface area contributed by atoms with Crippen LogP contribution in [-0.4, -0.2) is 77.4 Å². The second-order valence-corrected chi connectivity index (χ2v) is 9.92. The minimum Gasteiger partial charge on any atom is -0.386 e. The average Bonchev–Trinajstić information content (AvgIpc) is 3.32. The highest BCUT2D eigenvalue weighted by Gasteiger charge is 2.23. The maximum absolute atomic E-state index is 5.06. The lowest BCUT2D eigenvalue weighted by Crippen LogP contribution is -2.44. The maximum atomic E-state index is 5.06. The predicted molar refractivity (Wildman–Crippen MR) is 153 cm³/mol. The number of aromatic amines is 1. The number of pyridine rings is 2. The van der Waals surface area contributed by atoms with Gasteiger partial charge in [-0.2, -0.15) is 0 Å². The molecule has 0 unspecified atom stereocenters. The Kier molecular flexibility index (Phi) is 7.05. The molecule has 0 bridgehead atoms. The van der Waals surface area contributed by atoms with Crippen LogP contribution in [0, 0.1) is 0 Å². The zero-order valence-electron chi connectivity index (χ0n) is 22.0. The molecule has 0 radical (unpaired) electrons. The van der Waals surface area contributed by atoms with Crippen molar-refractivity contribution in [2.75, 3.05) is 50.0 Å². The third kappa shape index (κ3) is 5.27. The number of anilines is 2. The first-order valence-corrected chi connectivity index (χ1v) is 12.8. The number of hydrogen-bond donors (Lipinski definition) is 3. The summed E-state index contributed by atoms with van der Waals surface area (Å²) >= 11 is 0. The van der Waals surface area contributed by atoms with Crippen molar-refractivity contribution in [3.8, 4) is 0 Å². The number of allylic oxidation sites excluding steroid dienone is 3. The van der Waals surface area contributed by atoms with Gasteiger partial charge >= 0.3 is 0 Å². The third-order valence-electron chi connectivity index (χ3n) is 6.65. The van der Waals surface area contributed by atoms with Gasteiger partial charge in [0.25, 0.3) is 0 Å². The topological polar surface area (TPSA) is 97.4 Å². The molecular formula is C28H35N9. The molecule has 0 amide bonds. The van der Waals surface area contributed by atoms with Gasteiger partial charge < -0.3 is 25.4 Å². The van der Waals surface area contributed by atoms with Crippen molar-refractivity contribution in [3.63, 3.8) is 0 Å². The largest absolute Gasteiger partial charge is 0.386 e. The highest BCUT2D eigenvalue weighted by Crippen LogP contribution is 2.34. The Hall–Kier alpha value is -3.98. The fourth-order valence-corrected chi connectivity index (χ4v) is 4.88. The summed E-state index contributed by atoms with van der Waals surface area (Å²) < 4.78 is 0. The Morgan fingerprint density at radius 1 is 1.22 bits per heavy atom. The summed E-state index contributed by atoms with van der Waals surface area (Å²) in [6.45, 7) is 14.6. The molecule has 1 saturated heterocycles. The second-order valence-electron chi connectivity index (χ2n) is 9.92. The molecule has 192 valence electrons. The lowest BCUT2D eigenvalue weighted by atomic mass is 9.98. The molecule has 1 fully saturated rings. The van der Waals surface area contributed by atoms with Crippen molar-refractivity contribution < 1.29 is 0 Å². The van der Waals surface area contributed by atoms with Gasteiger partial charge in [-0.1, -0.05) is 6.08 Å². The van der Waals surface area contributed by atoms with Crippen molar-refractivity contribution in [1.82, 2.24) is 30.2 Å². The lowest BCUT2D eigenvalue weighted by molar-refractivity contribution is 0.312. The fraction of sp³-hybridized carbons (Fsp3) is 0.357. The van der Waals surface area contributed by atoms with Crippen molar-refractivity contribution in [2.45, 2.75) is 26.8 Å². The molecular weight excluding hydrogens is 462 g/mol. The molecule has 0 spiro atoms. The zero-order valence-corrected chi connectivity index (χ0v) is 22.0. The summed E-state index contributed by atoms with van der Waals surface area (Å²) in [6.07, 6.45) is 9.74. The number of aromatic nitrogens is 4. The number of aliphatic imine (C=N–C) groups is 1. The summed E-state index contributed by atoms with van der Waals surface area (Å²) in [7, 11) is 2.16.